The van der Waals surface area contributed by atoms with E-state index in [0.717, 1.165) is 0 Å². The molecule has 8 heavy (non-hydrogen) atoms. The molecule has 0 aliphatic carbocycles. The molecule has 0 unspecified atom stereocenters. The van der Waals surface area contributed by atoms with E-state index in [-0.39, 0.29) is 0 Å². The average molecular weight is 134 g/mol. The standard InChI is InChI=1S/C3H4NO3S/c4-8(6,7)3-1-2-5/h1,3H,(H2,4,6,7). The van der Waals surface area contributed by atoms with Crippen LogP contribution >= 0.6 is 0 Å². The normalized spacial score (nSPS) is 12.1. The second-order valence-electron chi connectivity index (χ2n) is 1.01. The minimum atomic E-state index is -3.63. The fourth-order valence-electron chi connectivity index (χ4n) is 0.123. The minimum Gasteiger partial charge on any atom is -0.286 e. The van der Waals surface area contributed by atoms with E-state index in [1.165, 1.54) is 6.29 Å². The van der Waals surface area contributed by atoms with Crippen LogP contribution < -0.4 is 5.14 Å². The molecule has 0 saturated heterocycles. The van der Waals surface area contributed by atoms with E-state index >= 15 is 0 Å². The summed E-state index contributed by atoms with van der Waals surface area (Å²) in [6.45, 7) is 0. The zero-order chi connectivity index (χ0) is 6.62. The predicted molar refractivity (Wildman–Crippen MR) is 27.9 cm³/mol. The third kappa shape index (κ3) is 5.32. The molecule has 5 heteroatoms. The molecule has 4 nitrogen and oxygen atoms in total. The summed E-state index contributed by atoms with van der Waals surface area (Å²) in [7, 11) is -3.63. The third-order valence-electron chi connectivity index (χ3n) is 0.326. The molecule has 0 rings (SSSR count). The molecule has 0 amide bonds. The topological polar surface area (TPSA) is 77.2 Å². The highest BCUT2D eigenvalue weighted by molar-refractivity contribution is 7.92. The van der Waals surface area contributed by atoms with Crippen LogP contribution in [0.4, 0.5) is 0 Å². The van der Waals surface area contributed by atoms with Gasteiger partial charge in [-0.1, -0.05) is 0 Å². The van der Waals surface area contributed by atoms with Crippen LogP contribution in [0.5, 0.6) is 0 Å². The fraction of sp³-hybridized carbons (Fsp3) is 0. The Morgan fingerprint density at radius 3 is 2.12 bits per heavy atom. The van der Waals surface area contributed by atoms with Gasteiger partial charge in [-0.15, -0.1) is 0 Å². The molecule has 0 heterocycles. The van der Waals surface area contributed by atoms with E-state index in [2.05, 4.69) is 5.14 Å². The molecule has 0 bridgehead atoms. The number of carbonyl (C=O) groups excluding carboxylic acids is 1. The number of allylic oxidation sites excluding steroid dienone is 1. The largest absolute Gasteiger partial charge is 0.286 e. The zero-order valence-corrected chi connectivity index (χ0v) is 4.68. The van der Waals surface area contributed by atoms with Crippen molar-refractivity contribution < 1.29 is 13.2 Å². The molecular weight excluding hydrogens is 130 g/mol. The highest BCUT2D eigenvalue weighted by Crippen LogP contribution is 1.75. The van der Waals surface area contributed by atoms with Crippen LogP contribution in [0.15, 0.2) is 11.5 Å². The molecule has 0 aromatic heterocycles. The van der Waals surface area contributed by atoms with Gasteiger partial charge in [0.15, 0.2) is 0 Å². The van der Waals surface area contributed by atoms with Crippen molar-refractivity contribution in [3.05, 3.63) is 11.5 Å². The van der Waals surface area contributed by atoms with Gasteiger partial charge in [0.2, 0.25) is 16.3 Å². The minimum absolute atomic E-state index is 0.569. The molecule has 0 atom stereocenters. The summed E-state index contributed by atoms with van der Waals surface area (Å²) in [4.78, 5) is 9.32. The van der Waals surface area contributed by atoms with Crippen LogP contribution in [0.3, 0.4) is 0 Å². The molecule has 2 N–H and O–H groups in total. The summed E-state index contributed by atoms with van der Waals surface area (Å²) in [5, 5.41) is 5.00. The van der Waals surface area contributed by atoms with Crippen molar-refractivity contribution in [2.24, 2.45) is 5.14 Å². The summed E-state index contributed by atoms with van der Waals surface area (Å²) in [6, 6.07) is 0. The maximum absolute atomic E-state index is 9.90. The number of primary sulfonamides is 1. The SMILES string of the molecule is NS(=O)(=O)C=C[C]=O. The van der Waals surface area contributed by atoms with Gasteiger partial charge < -0.3 is 0 Å². The van der Waals surface area contributed by atoms with E-state index in [9.17, 15) is 13.2 Å². The number of hydrogen-bond donors (Lipinski definition) is 1. The van der Waals surface area contributed by atoms with Crippen molar-refractivity contribution in [2.75, 3.05) is 0 Å². The molecule has 0 aromatic rings. The van der Waals surface area contributed by atoms with E-state index in [0.29, 0.717) is 11.5 Å². The number of nitrogens with two attached hydrogens (primary N) is 1. The van der Waals surface area contributed by atoms with Gasteiger partial charge in [0.1, 0.15) is 0 Å². The lowest BCUT2D eigenvalue weighted by Gasteiger charge is -1.77. The van der Waals surface area contributed by atoms with E-state index < -0.39 is 10.0 Å². The van der Waals surface area contributed by atoms with Crippen LogP contribution in [-0.2, 0) is 14.8 Å². The monoisotopic (exact) mass is 134 g/mol. The first-order chi connectivity index (χ1) is 3.56. The summed E-state index contributed by atoms with van der Waals surface area (Å²) in [5.74, 6) is 0. The van der Waals surface area contributed by atoms with E-state index in [1.54, 1.807) is 0 Å². The molecule has 45 valence electrons. The van der Waals surface area contributed by atoms with Gasteiger partial charge in [-0.25, -0.2) is 13.6 Å². The smallest absolute Gasteiger partial charge is 0.231 e. The predicted octanol–water partition coefficient (Wildman–Crippen LogP) is -1.10. The van der Waals surface area contributed by atoms with Crippen molar-refractivity contribution in [3.8, 4) is 0 Å². The van der Waals surface area contributed by atoms with Crippen molar-refractivity contribution in [1.82, 2.24) is 0 Å². The quantitative estimate of drug-likeness (QED) is 0.487. The van der Waals surface area contributed by atoms with Gasteiger partial charge in [0, 0.05) is 11.5 Å². The number of rotatable bonds is 2. The molecule has 0 aliphatic heterocycles. The molecule has 0 fully saturated rings. The van der Waals surface area contributed by atoms with Gasteiger partial charge in [-0.3, -0.25) is 4.79 Å². The summed E-state index contributed by atoms with van der Waals surface area (Å²) in [5.41, 5.74) is 0. The lowest BCUT2D eigenvalue weighted by atomic mass is 10.7. The van der Waals surface area contributed by atoms with Gasteiger partial charge in [-0.05, 0) is 0 Å². The third-order valence-corrected chi connectivity index (χ3v) is 0.841. The molecular formula is C3H4NO3S. The van der Waals surface area contributed by atoms with Gasteiger partial charge >= 0.3 is 0 Å². The maximum atomic E-state index is 9.90. The molecule has 0 aliphatic rings. The summed E-state index contributed by atoms with van der Waals surface area (Å²) in [6.07, 6.45) is 1.92. The van der Waals surface area contributed by atoms with Gasteiger partial charge in [0.05, 0.1) is 0 Å². The Hall–Kier alpha value is -0.680. The second kappa shape index (κ2) is 2.58. The number of hydrogen-bond acceptors (Lipinski definition) is 3. The van der Waals surface area contributed by atoms with Crippen molar-refractivity contribution in [3.63, 3.8) is 0 Å². The first-order valence-corrected chi connectivity index (χ1v) is 3.24. The molecule has 0 aromatic carbocycles. The number of sulfonamides is 1. The highest BCUT2D eigenvalue weighted by atomic mass is 32.2. The van der Waals surface area contributed by atoms with Crippen molar-refractivity contribution >= 4 is 16.3 Å². The van der Waals surface area contributed by atoms with Crippen LogP contribution in [0.1, 0.15) is 0 Å². The summed E-state index contributed by atoms with van der Waals surface area (Å²) < 4.78 is 19.8. The lowest BCUT2D eigenvalue weighted by molar-refractivity contribution is 0.564. The summed E-state index contributed by atoms with van der Waals surface area (Å²) >= 11 is 0. The first kappa shape index (κ1) is 7.32. The Morgan fingerprint density at radius 2 is 2.00 bits per heavy atom. The Labute approximate surface area is 47.0 Å². The first-order valence-electron chi connectivity index (χ1n) is 1.63. The van der Waals surface area contributed by atoms with Gasteiger partial charge in [0.25, 0.3) is 0 Å². The van der Waals surface area contributed by atoms with Gasteiger partial charge in [-0.2, -0.15) is 0 Å². The highest BCUT2D eigenvalue weighted by Gasteiger charge is 1.89. The average Bonchev–Trinajstić information content (AvgIpc) is 1.59. The van der Waals surface area contributed by atoms with Crippen LogP contribution in [0.2, 0.25) is 0 Å². The Morgan fingerprint density at radius 1 is 1.50 bits per heavy atom. The lowest BCUT2D eigenvalue weighted by Crippen LogP contribution is -2.06. The molecule has 0 spiro atoms. The molecule has 0 saturated carbocycles. The van der Waals surface area contributed by atoms with Crippen molar-refractivity contribution in [1.29, 1.82) is 0 Å². The van der Waals surface area contributed by atoms with Crippen LogP contribution in [0, 0.1) is 0 Å². The van der Waals surface area contributed by atoms with Crippen LogP contribution in [0.25, 0.3) is 0 Å². The maximum Gasteiger partial charge on any atom is 0.231 e. The Kier molecular flexibility index (Phi) is 2.36. The second-order valence-corrected chi connectivity index (χ2v) is 2.46. The van der Waals surface area contributed by atoms with E-state index in [1.807, 2.05) is 0 Å². The Balaban J connectivity index is 4.12. The molecule has 1 radical (unpaired) electrons. The van der Waals surface area contributed by atoms with E-state index in [4.69, 9.17) is 0 Å². The Bertz CT molecular complexity index is 191. The van der Waals surface area contributed by atoms with Crippen molar-refractivity contribution in [2.45, 2.75) is 0 Å². The zero-order valence-electron chi connectivity index (χ0n) is 3.87. The van der Waals surface area contributed by atoms with Crippen LogP contribution in [-0.4, -0.2) is 14.7 Å². The fourth-order valence-corrected chi connectivity index (χ4v) is 0.368.